The van der Waals surface area contributed by atoms with E-state index in [1.54, 1.807) is 0 Å². The van der Waals surface area contributed by atoms with Crippen LogP contribution < -0.4 is 16.0 Å². The molecular formula is C21H31IN4O. The molecule has 0 aromatic heterocycles. The fraction of sp³-hybridized carbons (Fsp3) is 0.381. The van der Waals surface area contributed by atoms with Crippen LogP contribution in [0.5, 0.6) is 0 Å². The molecule has 0 spiro atoms. The Labute approximate surface area is 179 Å². The van der Waals surface area contributed by atoms with Crippen molar-refractivity contribution >= 4 is 35.6 Å². The summed E-state index contributed by atoms with van der Waals surface area (Å²) in [6.07, 6.45) is 0.988. The van der Waals surface area contributed by atoms with Gasteiger partial charge in [0.15, 0.2) is 5.96 Å². The van der Waals surface area contributed by atoms with E-state index in [9.17, 15) is 5.11 Å². The topological polar surface area (TPSA) is 68.7 Å². The summed E-state index contributed by atoms with van der Waals surface area (Å²) >= 11 is 0. The van der Waals surface area contributed by atoms with Gasteiger partial charge in [0.1, 0.15) is 0 Å². The van der Waals surface area contributed by atoms with E-state index < -0.39 is 0 Å². The largest absolute Gasteiger partial charge is 0.396 e. The van der Waals surface area contributed by atoms with E-state index in [1.807, 2.05) is 48.5 Å². The molecule has 27 heavy (non-hydrogen) atoms. The normalized spacial score (nSPS) is 12.0. The van der Waals surface area contributed by atoms with Crippen molar-refractivity contribution in [2.45, 2.75) is 19.3 Å². The summed E-state index contributed by atoms with van der Waals surface area (Å²) in [7, 11) is 0. The van der Waals surface area contributed by atoms with Crippen LogP contribution in [-0.4, -0.2) is 43.9 Å². The number of nitrogens with zero attached hydrogens (tertiary/aromatic N) is 1. The molecular weight excluding hydrogens is 451 g/mol. The average Bonchev–Trinajstić information content (AvgIpc) is 2.69. The molecule has 2 aromatic rings. The van der Waals surface area contributed by atoms with E-state index in [0.717, 1.165) is 43.3 Å². The standard InChI is InChI=1S/C21H30N4O.HI/c1-2-22-21(24-15-9-14-23-20-12-7-4-8-13-20)25-16-19(17-26)18-10-5-3-6-11-18;/h3-8,10-13,19,23,26H,2,9,14-17H2,1H3,(H2,22,24,25);1H. The molecule has 0 aliphatic heterocycles. The fourth-order valence-corrected chi connectivity index (χ4v) is 2.62. The van der Waals surface area contributed by atoms with Gasteiger partial charge in [-0.1, -0.05) is 48.5 Å². The van der Waals surface area contributed by atoms with Gasteiger partial charge in [-0.3, -0.25) is 4.99 Å². The van der Waals surface area contributed by atoms with Gasteiger partial charge in [0, 0.05) is 31.2 Å². The van der Waals surface area contributed by atoms with E-state index >= 15 is 0 Å². The Morgan fingerprint density at radius 3 is 2.26 bits per heavy atom. The third-order valence-electron chi connectivity index (χ3n) is 4.05. The maximum atomic E-state index is 9.66. The molecule has 0 aliphatic rings. The van der Waals surface area contributed by atoms with Crippen LogP contribution in [0.3, 0.4) is 0 Å². The lowest BCUT2D eigenvalue weighted by molar-refractivity contribution is 0.268. The van der Waals surface area contributed by atoms with Gasteiger partial charge in [-0.25, -0.2) is 0 Å². The number of benzene rings is 2. The van der Waals surface area contributed by atoms with Crippen LogP contribution in [0.4, 0.5) is 5.69 Å². The molecule has 0 heterocycles. The molecule has 5 nitrogen and oxygen atoms in total. The second kappa shape index (κ2) is 14.3. The second-order valence-electron chi connectivity index (χ2n) is 6.08. The predicted octanol–water partition coefficient (Wildman–Crippen LogP) is 3.44. The number of para-hydroxylation sites is 1. The zero-order chi connectivity index (χ0) is 18.5. The summed E-state index contributed by atoms with van der Waals surface area (Å²) in [5, 5.41) is 19.7. The van der Waals surface area contributed by atoms with Gasteiger partial charge in [0.2, 0.25) is 0 Å². The Morgan fingerprint density at radius 1 is 0.963 bits per heavy atom. The van der Waals surface area contributed by atoms with Gasteiger partial charge in [-0.2, -0.15) is 0 Å². The Morgan fingerprint density at radius 2 is 1.63 bits per heavy atom. The Kier molecular flexibility index (Phi) is 12.3. The van der Waals surface area contributed by atoms with E-state index in [2.05, 4.69) is 40.0 Å². The molecule has 0 fully saturated rings. The number of halogens is 1. The van der Waals surface area contributed by atoms with Crippen LogP contribution >= 0.6 is 24.0 Å². The summed E-state index contributed by atoms with van der Waals surface area (Å²) in [5.41, 5.74) is 2.25. The number of aliphatic hydroxyl groups is 1. The number of aliphatic imine (C=N–C) groups is 1. The minimum absolute atomic E-state index is 0. The summed E-state index contributed by atoms with van der Waals surface area (Å²) in [6, 6.07) is 20.2. The molecule has 0 radical (unpaired) electrons. The highest BCUT2D eigenvalue weighted by molar-refractivity contribution is 14.0. The maximum absolute atomic E-state index is 9.66. The first kappa shape index (κ1) is 23.2. The highest BCUT2D eigenvalue weighted by Gasteiger charge is 2.09. The third kappa shape index (κ3) is 9.10. The van der Waals surface area contributed by atoms with Crippen molar-refractivity contribution in [3.05, 3.63) is 66.2 Å². The summed E-state index contributed by atoms with van der Waals surface area (Å²) in [4.78, 5) is 4.63. The summed E-state index contributed by atoms with van der Waals surface area (Å²) in [5.74, 6) is 0.813. The molecule has 1 unspecified atom stereocenters. The number of hydrogen-bond acceptors (Lipinski definition) is 3. The van der Waals surface area contributed by atoms with Crippen molar-refractivity contribution in [1.82, 2.24) is 10.6 Å². The minimum atomic E-state index is 0. The lowest BCUT2D eigenvalue weighted by Crippen LogP contribution is -2.38. The molecule has 0 aliphatic carbocycles. The Balaban J connectivity index is 0.00000364. The average molecular weight is 482 g/mol. The number of nitrogens with one attached hydrogen (secondary N) is 3. The van der Waals surface area contributed by atoms with Gasteiger partial charge in [-0.15, -0.1) is 24.0 Å². The number of guanidine groups is 1. The highest BCUT2D eigenvalue weighted by atomic mass is 127. The fourth-order valence-electron chi connectivity index (χ4n) is 2.62. The summed E-state index contributed by atoms with van der Waals surface area (Å²) in [6.45, 7) is 5.24. The lowest BCUT2D eigenvalue weighted by atomic mass is 10.0. The lowest BCUT2D eigenvalue weighted by Gasteiger charge is -2.15. The minimum Gasteiger partial charge on any atom is -0.396 e. The van der Waals surface area contributed by atoms with E-state index in [0.29, 0.717) is 6.54 Å². The molecule has 4 N–H and O–H groups in total. The van der Waals surface area contributed by atoms with Crippen LogP contribution in [-0.2, 0) is 0 Å². The van der Waals surface area contributed by atoms with Crippen LogP contribution in [0.15, 0.2) is 65.7 Å². The van der Waals surface area contributed by atoms with Crippen LogP contribution in [0, 0.1) is 0 Å². The van der Waals surface area contributed by atoms with Crippen molar-refractivity contribution in [2.75, 3.05) is 38.1 Å². The van der Waals surface area contributed by atoms with Crippen molar-refractivity contribution in [3.8, 4) is 0 Å². The number of rotatable bonds is 10. The number of aliphatic hydroxyl groups excluding tert-OH is 1. The highest BCUT2D eigenvalue weighted by Crippen LogP contribution is 2.14. The van der Waals surface area contributed by atoms with Crippen LogP contribution in [0.1, 0.15) is 24.8 Å². The van der Waals surface area contributed by atoms with Crippen LogP contribution in [0.2, 0.25) is 0 Å². The van der Waals surface area contributed by atoms with Gasteiger partial charge in [0.05, 0.1) is 13.2 Å². The zero-order valence-electron chi connectivity index (χ0n) is 15.9. The zero-order valence-corrected chi connectivity index (χ0v) is 18.2. The Bertz CT molecular complexity index is 637. The van der Waals surface area contributed by atoms with Crippen molar-refractivity contribution in [3.63, 3.8) is 0 Å². The van der Waals surface area contributed by atoms with Crippen molar-refractivity contribution in [1.29, 1.82) is 0 Å². The second-order valence-corrected chi connectivity index (χ2v) is 6.08. The smallest absolute Gasteiger partial charge is 0.191 e. The van der Waals surface area contributed by atoms with E-state index in [-0.39, 0.29) is 36.5 Å². The molecule has 0 bridgehead atoms. The van der Waals surface area contributed by atoms with Crippen molar-refractivity contribution < 1.29 is 5.11 Å². The molecule has 2 rings (SSSR count). The van der Waals surface area contributed by atoms with E-state index in [1.165, 1.54) is 0 Å². The quantitative estimate of drug-likeness (QED) is 0.181. The van der Waals surface area contributed by atoms with Gasteiger partial charge >= 0.3 is 0 Å². The first-order chi connectivity index (χ1) is 12.8. The van der Waals surface area contributed by atoms with Crippen LogP contribution in [0.25, 0.3) is 0 Å². The summed E-state index contributed by atoms with van der Waals surface area (Å²) < 4.78 is 0. The molecule has 6 heteroatoms. The molecule has 0 amide bonds. The Hall–Kier alpha value is -1.80. The molecule has 2 aromatic carbocycles. The third-order valence-corrected chi connectivity index (χ3v) is 4.05. The predicted molar refractivity (Wildman–Crippen MR) is 125 cm³/mol. The van der Waals surface area contributed by atoms with Gasteiger partial charge in [-0.05, 0) is 31.0 Å². The molecule has 0 saturated heterocycles. The monoisotopic (exact) mass is 482 g/mol. The van der Waals surface area contributed by atoms with Crippen molar-refractivity contribution in [2.24, 2.45) is 4.99 Å². The SMILES string of the molecule is CCNC(=NCC(CO)c1ccccc1)NCCCNc1ccccc1.I. The van der Waals surface area contributed by atoms with E-state index in [4.69, 9.17) is 0 Å². The first-order valence-corrected chi connectivity index (χ1v) is 9.30. The number of hydrogen-bond donors (Lipinski definition) is 4. The van der Waals surface area contributed by atoms with Gasteiger partial charge < -0.3 is 21.1 Å². The molecule has 1 atom stereocenters. The maximum Gasteiger partial charge on any atom is 0.191 e. The van der Waals surface area contributed by atoms with Gasteiger partial charge in [0.25, 0.3) is 0 Å². The molecule has 148 valence electrons. The first-order valence-electron chi connectivity index (χ1n) is 9.30. The number of anilines is 1. The molecule has 0 saturated carbocycles.